The Morgan fingerprint density at radius 1 is 0.953 bits per heavy atom. The third-order valence-corrected chi connectivity index (χ3v) is 7.83. The van der Waals surface area contributed by atoms with Crippen LogP contribution in [0.25, 0.3) is 0 Å². The number of rotatable bonds is 12. The van der Waals surface area contributed by atoms with Gasteiger partial charge in [-0.25, -0.2) is 4.79 Å². The number of ether oxygens (including phenoxy) is 1. The first-order chi connectivity index (χ1) is 20.3. The number of hydrogen-bond donors (Lipinski definition) is 3. The predicted molar refractivity (Wildman–Crippen MR) is 170 cm³/mol. The van der Waals surface area contributed by atoms with Crippen molar-refractivity contribution >= 4 is 17.9 Å². The lowest BCUT2D eigenvalue weighted by Crippen LogP contribution is -2.57. The van der Waals surface area contributed by atoms with Crippen molar-refractivity contribution in [3.05, 3.63) is 65.7 Å². The second-order valence-corrected chi connectivity index (χ2v) is 13.3. The SMILES string of the molecule is CC(C)CCC(C)N(C(=O)C(Cc1ccccc1)NC(=O)OC(C)(C)C)C(C(=O)NC1CCCCC1)c1cccc(O)c1. The van der Waals surface area contributed by atoms with E-state index in [1.54, 1.807) is 49.9 Å². The van der Waals surface area contributed by atoms with Crippen LogP contribution in [-0.2, 0) is 20.7 Å². The van der Waals surface area contributed by atoms with E-state index < -0.39 is 23.8 Å². The summed E-state index contributed by atoms with van der Waals surface area (Å²) in [5.74, 6) is -0.242. The van der Waals surface area contributed by atoms with Crippen LogP contribution in [0.5, 0.6) is 5.75 Å². The van der Waals surface area contributed by atoms with Crippen LogP contribution in [0.2, 0.25) is 0 Å². The van der Waals surface area contributed by atoms with E-state index >= 15 is 0 Å². The maximum absolute atomic E-state index is 14.7. The first-order valence-electron chi connectivity index (χ1n) is 15.8. The minimum atomic E-state index is -0.998. The molecule has 1 aliphatic rings. The third-order valence-electron chi connectivity index (χ3n) is 7.83. The number of alkyl carbamates (subject to hydrolysis) is 1. The Balaban J connectivity index is 2.07. The molecule has 0 radical (unpaired) electrons. The van der Waals surface area contributed by atoms with Crippen molar-refractivity contribution in [1.82, 2.24) is 15.5 Å². The molecule has 2 aromatic carbocycles. The smallest absolute Gasteiger partial charge is 0.408 e. The van der Waals surface area contributed by atoms with Gasteiger partial charge in [0.2, 0.25) is 11.8 Å². The van der Waals surface area contributed by atoms with Gasteiger partial charge in [-0.05, 0) is 82.6 Å². The molecular weight excluding hydrogens is 542 g/mol. The van der Waals surface area contributed by atoms with Gasteiger partial charge in [-0.1, -0.05) is 75.6 Å². The molecule has 1 aliphatic carbocycles. The van der Waals surface area contributed by atoms with Crippen molar-refractivity contribution in [2.24, 2.45) is 5.92 Å². The van der Waals surface area contributed by atoms with E-state index in [1.807, 2.05) is 37.3 Å². The Labute approximate surface area is 257 Å². The first kappa shape index (κ1) is 33.9. The van der Waals surface area contributed by atoms with E-state index in [-0.39, 0.29) is 36.1 Å². The highest BCUT2D eigenvalue weighted by atomic mass is 16.6. The Kier molecular flexibility index (Phi) is 12.5. The van der Waals surface area contributed by atoms with Gasteiger partial charge in [0.25, 0.3) is 0 Å². The average molecular weight is 594 g/mol. The number of carbonyl (C=O) groups excluding carboxylic acids is 3. The van der Waals surface area contributed by atoms with Gasteiger partial charge in [0, 0.05) is 18.5 Å². The molecule has 8 heteroatoms. The number of nitrogens with zero attached hydrogens (tertiary/aromatic N) is 1. The molecule has 3 amide bonds. The predicted octanol–water partition coefficient (Wildman–Crippen LogP) is 6.67. The summed E-state index contributed by atoms with van der Waals surface area (Å²) < 4.78 is 5.55. The summed E-state index contributed by atoms with van der Waals surface area (Å²) in [6.45, 7) is 11.5. The Morgan fingerprint density at radius 3 is 2.23 bits per heavy atom. The van der Waals surface area contributed by atoms with Crippen LogP contribution in [0.4, 0.5) is 4.79 Å². The number of benzene rings is 2. The molecule has 8 nitrogen and oxygen atoms in total. The van der Waals surface area contributed by atoms with Crippen molar-refractivity contribution in [3.8, 4) is 5.75 Å². The molecule has 3 N–H and O–H groups in total. The summed E-state index contributed by atoms with van der Waals surface area (Å²) in [6.07, 6.45) is 6.09. The molecule has 1 saturated carbocycles. The number of carbonyl (C=O) groups is 3. The fraction of sp³-hybridized carbons (Fsp3) is 0.571. The quantitative estimate of drug-likeness (QED) is 0.255. The molecule has 236 valence electrons. The van der Waals surface area contributed by atoms with Gasteiger partial charge in [-0.15, -0.1) is 0 Å². The maximum Gasteiger partial charge on any atom is 0.408 e. The van der Waals surface area contributed by atoms with Crippen molar-refractivity contribution in [1.29, 1.82) is 0 Å². The lowest BCUT2D eigenvalue weighted by molar-refractivity contribution is -0.145. The number of amides is 3. The summed E-state index contributed by atoms with van der Waals surface area (Å²) in [6, 6.07) is 13.8. The van der Waals surface area contributed by atoms with Crippen LogP contribution < -0.4 is 10.6 Å². The zero-order chi connectivity index (χ0) is 31.6. The number of phenolic OH excluding ortho intramolecular Hbond substituents is 1. The van der Waals surface area contributed by atoms with Gasteiger partial charge in [0.15, 0.2) is 0 Å². The van der Waals surface area contributed by atoms with Gasteiger partial charge >= 0.3 is 6.09 Å². The topological polar surface area (TPSA) is 108 Å². The molecular formula is C35H51N3O5. The normalized spacial score (nSPS) is 16.2. The molecule has 0 aromatic heterocycles. The second-order valence-electron chi connectivity index (χ2n) is 13.3. The van der Waals surface area contributed by atoms with Gasteiger partial charge in [0.05, 0.1) is 0 Å². The third kappa shape index (κ3) is 10.9. The summed E-state index contributed by atoms with van der Waals surface area (Å²) >= 11 is 0. The Hall–Kier alpha value is -3.55. The minimum Gasteiger partial charge on any atom is -0.508 e. The van der Waals surface area contributed by atoms with E-state index in [0.717, 1.165) is 44.1 Å². The molecule has 0 spiro atoms. The first-order valence-corrected chi connectivity index (χ1v) is 15.8. The van der Waals surface area contributed by atoms with E-state index in [9.17, 15) is 19.5 Å². The van der Waals surface area contributed by atoms with Crippen LogP contribution in [0.15, 0.2) is 54.6 Å². The molecule has 3 unspecified atom stereocenters. The number of hydrogen-bond acceptors (Lipinski definition) is 5. The van der Waals surface area contributed by atoms with Crippen LogP contribution in [0.3, 0.4) is 0 Å². The highest BCUT2D eigenvalue weighted by molar-refractivity contribution is 5.92. The maximum atomic E-state index is 14.7. The molecule has 0 aliphatic heterocycles. The van der Waals surface area contributed by atoms with Crippen LogP contribution >= 0.6 is 0 Å². The van der Waals surface area contributed by atoms with Gasteiger partial charge in [-0.2, -0.15) is 0 Å². The van der Waals surface area contributed by atoms with E-state index in [0.29, 0.717) is 17.9 Å². The highest BCUT2D eigenvalue weighted by Gasteiger charge is 2.39. The highest BCUT2D eigenvalue weighted by Crippen LogP contribution is 2.30. The largest absolute Gasteiger partial charge is 0.508 e. The van der Waals surface area contributed by atoms with Crippen molar-refractivity contribution < 1.29 is 24.2 Å². The van der Waals surface area contributed by atoms with Crippen molar-refractivity contribution in [3.63, 3.8) is 0 Å². The summed E-state index contributed by atoms with van der Waals surface area (Å²) in [7, 11) is 0. The van der Waals surface area contributed by atoms with E-state index in [2.05, 4.69) is 24.5 Å². The van der Waals surface area contributed by atoms with Crippen LogP contribution in [0, 0.1) is 5.92 Å². The second kappa shape index (κ2) is 15.8. The molecule has 43 heavy (non-hydrogen) atoms. The fourth-order valence-corrected chi connectivity index (χ4v) is 5.65. The van der Waals surface area contributed by atoms with E-state index in [4.69, 9.17) is 4.74 Å². The molecule has 3 rings (SSSR count). The number of aromatic hydroxyl groups is 1. The van der Waals surface area contributed by atoms with Gasteiger partial charge in [0.1, 0.15) is 23.4 Å². The summed E-state index contributed by atoms with van der Waals surface area (Å²) in [5, 5.41) is 16.5. The monoisotopic (exact) mass is 593 g/mol. The molecule has 1 fully saturated rings. The average Bonchev–Trinajstić information content (AvgIpc) is 2.94. The van der Waals surface area contributed by atoms with Crippen molar-refractivity contribution in [2.45, 2.75) is 123 Å². The number of phenols is 1. The van der Waals surface area contributed by atoms with Crippen LogP contribution in [-0.4, -0.2) is 51.6 Å². The summed E-state index contributed by atoms with van der Waals surface area (Å²) in [5.41, 5.74) is 0.639. The van der Waals surface area contributed by atoms with Crippen molar-refractivity contribution in [2.75, 3.05) is 0 Å². The molecule has 0 saturated heterocycles. The Bertz CT molecular complexity index is 1190. The molecule has 3 atom stereocenters. The zero-order valence-corrected chi connectivity index (χ0v) is 26.8. The Morgan fingerprint density at radius 2 is 1.63 bits per heavy atom. The minimum absolute atomic E-state index is 0.0166. The lowest BCUT2D eigenvalue weighted by atomic mass is 9.93. The fourth-order valence-electron chi connectivity index (χ4n) is 5.65. The standard InChI is InChI=1S/C35H51N3O5/c1-24(2)20-21-25(3)38(31(27-16-13-19-29(39)23-27)32(40)36-28-17-11-8-12-18-28)33(41)30(22-26-14-9-7-10-15-26)37-34(42)43-35(4,5)6/h7,9-10,13-16,19,23-25,28,30-31,39H,8,11-12,17-18,20-22H2,1-6H3,(H,36,40)(H,37,42). The summed E-state index contributed by atoms with van der Waals surface area (Å²) in [4.78, 5) is 43.6. The molecule has 0 bridgehead atoms. The lowest BCUT2D eigenvalue weighted by Gasteiger charge is -2.39. The van der Waals surface area contributed by atoms with E-state index in [1.165, 1.54) is 0 Å². The molecule has 0 heterocycles. The number of nitrogens with one attached hydrogen (secondary N) is 2. The van der Waals surface area contributed by atoms with Crippen LogP contribution in [0.1, 0.15) is 104 Å². The zero-order valence-electron chi connectivity index (χ0n) is 26.8. The molecule has 2 aromatic rings. The van der Waals surface area contributed by atoms with Gasteiger partial charge in [-0.3, -0.25) is 9.59 Å². The van der Waals surface area contributed by atoms with Gasteiger partial charge < -0.3 is 25.4 Å².